The molecule has 1 N–H and O–H groups in total. The van der Waals surface area contributed by atoms with Crippen LogP contribution in [0, 0.1) is 6.92 Å². The molecule has 0 atom stereocenters. The standard InChI is InChI=1S/C15H14BrNO3/c1-3-11-7-10(15(18)19)8-14(17-11)20-12-4-5-13(16)9(2)6-12/h4-8H,3H2,1-2H3,(H,18,19). The lowest BCUT2D eigenvalue weighted by molar-refractivity contribution is 0.0696. The van der Waals surface area contributed by atoms with E-state index in [1.807, 2.05) is 26.0 Å². The van der Waals surface area contributed by atoms with Crippen molar-refractivity contribution in [2.24, 2.45) is 0 Å². The lowest BCUT2D eigenvalue weighted by Crippen LogP contribution is -2.01. The molecule has 0 radical (unpaired) electrons. The highest BCUT2D eigenvalue weighted by Crippen LogP contribution is 2.26. The highest BCUT2D eigenvalue weighted by atomic mass is 79.9. The third kappa shape index (κ3) is 3.36. The number of aromatic carboxylic acids is 1. The first-order valence-electron chi connectivity index (χ1n) is 6.18. The van der Waals surface area contributed by atoms with Crippen LogP contribution in [0.2, 0.25) is 0 Å². The van der Waals surface area contributed by atoms with E-state index < -0.39 is 5.97 Å². The zero-order chi connectivity index (χ0) is 14.7. The predicted octanol–water partition coefficient (Wildman–Crippen LogP) is 4.21. The van der Waals surface area contributed by atoms with Crippen LogP contribution in [-0.2, 0) is 6.42 Å². The van der Waals surface area contributed by atoms with Crippen LogP contribution in [0.25, 0.3) is 0 Å². The zero-order valence-electron chi connectivity index (χ0n) is 11.2. The first-order chi connectivity index (χ1) is 9.49. The summed E-state index contributed by atoms with van der Waals surface area (Å²) in [7, 11) is 0. The summed E-state index contributed by atoms with van der Waals surface area (Å²) >= 11 is 3.42. The van der Waals surface area contributed by atoms with Gasteiger partial charge in [-0.15, -0.1) is 0 Å². The summed E-state index contributed by atoms with van der Waals surface area (Å²) in [5.74, 6) is -0.0646. The van der Waals surface area contributed by atoms with Crippen LogP contribution < -0.4 is 4.74 Å². The number of aromatic nitrogens is 1. The molecule has 0 saturated carbocycles. The Balaban J connectivity index is 2.34. The van der Waals surface area contributed by atoms with Crippen molar-refractivity contribution >= 4 is 21.9 Å². The molecule has 104 valence electrons. The van der Waals surface area contributed by atoms with E-state index in [-0.39, 0.29) is 5.56 Å². The minimum absolute atomic E-state index is 0.181. The molecule has 0 aliphatic carbocycles. The molecule has 0 spiro atoms. The van der Waals surface area contributed by atoms with Crippen LogP contribution in [0.4, 0.5) is 0 Å². The molecule has 0 unspecified atom stereocenters. The lowest BCUT2D eigenvalue weighted by atomic mass is 10.2. The molecule has 2 aromatic rings. The van der Waals surface area contributed by atoms with Crippen molar-refractivity contribution < 1.29 is 14.6 Å². The van der Waals surface area contributed by atoms with Gasteiger partial charge in [0.05, 0.1) is 5.56 Å². The summed E-state index contributed by atoms with van der Waals surface area (Å²) in [6, 6.07) is 8.54. The second-order valence-corrected chi connectivity index (χ2v) is 5.21. The number of aryl methyl sites for hydroxylation is 2. The van der Waals surface area contributed by atoms with Gasteiger partial charge in [-0.25, -0.2) is 9.78 Å². The molecule has 0 fully saturated rings. The van der Waals surface area contributed by atoms with Crippen LogP contribution in [-0.4, -0.2) is 16.1 Å². The van der Waals surface area contributed by atoms with E-state index in [1.54, 1.807) is 12.1 Å². The number of carbonyl (C=O) groups is 1. The Kier molecular flexibility index (Phi) is 4.39. The molecule has 1 heterocycles. The van der Waals surface area contributed by atoms with E-state index in [1.165, 1.54) is 6.07 Å². The Labute approximate surface area is 125 Å². The van der Waals surface area contributed by atoms with Crippen molar-refractivity contribution in [1.29, 1.82) is 0 Å². The van der Waals surface area contributed by atoms with Crippen LogP contribution in [0.1, 0.15) is 28.5 Å². The van der Waals surface area contributed by atoms with Crippen molar-refractivity contribution in [3.05, 3.63) is 51.6 Å². The second-order valence-electron chi connectivity index (χ2n) is 4.36. The molecule has 5 heteroatoms. The highest BCUT2D eigenvalue weighted by molar-refractivity contribution is 9.10. The number of pyridine rings is 1. The molecular formula is C15H14BrNO3. The number of halogens is 1. The lowest BCUT2D eigenvalue weighted by Gasteiger charge is -2.09. The number of benzene rings is 1. The normalized spacial score (nSPS) is 10.3. The first kappa shape index (κ1) is 14.5. The highest BCUT2D eigenvalue weighted by Gasteiger charge is 2.09. The molecule has 0 saturated heterocycles. The summed E-state index contributed by atoms with van der Waals surface area (Å²) < 4.78 is 6.64. The summed E-state index contributed by atoms with van der Waals surface area (Å²) in [5.41, 5.74) is 1.90. The molecule has 20 heavy (non-hydrogen) atoms. The number of rotatable bonds is 4. The Hall–Kier alpha value is -1.88. The van der Waals surface area contributed by atoms with Gasteiger partial charge in [0.15, 0.2) is 0 Å². The van der Waals surface area contributed by atoms with Crippen molar-refractivity contribution in [2.45, 2.75) is 20.3 Å². The number of carboxylic acid groups (broad SMARTS) is 1. The molecule has 1 aromatic heterocycles. The molecule has 2 rings (SSSR count). The Morgan fingerprint density at radius 1 is 1.35 bits per heavy atom. The predicted molar refractivity (Wildman–Crippen MR) is 79.5 cm³/mol. The zero-order valence-corrected chi connectivity index (χ0v) is 12.8. The number of nitrogens with zero attached hydrogens (tertiary/aromatic N) is 1. The maximum atomic E-state index is 11.1. The van der Waals surface area contributed by atoms with Crippen LogP contribution in [0.3, 0.4) is 0 Å². The maximum Gasteiger partial charge on any atom is 0.335 e. The van der Waals surface area contributed by atoms with E-state index in [2.05, 4.69) is 20.9 Å². The van der Waals surface area contributed by atoms with Crippen LogP contribution >= 0.6 is 15.9 Å². The maximum absolute atomic E-state index is 11.1. The van der Waals surface area contributed by atoms with Crippen molar-refractivity contribution in [1.82, 2.24) is 4.98 Å². The SMILES string of the molecule is CCc1cc(C(=O)O)cc(Oc2ccc(Br)c(C)c2)n1. The van der Waals surface area contributed by atoms with Gasteiger partial charge in [0.25, 0.3) is 0 Å². The third-order valence-corrected chi connectivity index (χ3v) is 3.71. The summed E-state index contributed by atoms with van der Waals surface area (Å²) in [6.07, 6.45) is 0.650. The van der Waals surface area contributed by atoms with E-state index in [4.69, 9.17) is 9.84 Å². The molecule has 0 aliphatic heterocycles. The van der Waals surface area contributed by atoms with Crippen LogP contribution in [0.5, 0.6) is 11.6 Å². The van der Waals surface area contributed by atoms with E-state index >= 15 is 0 Å². The summed E-state index contributed by atoms with van der Waals surface area (Å²) in [5, 5.41) is 9.09. The van der Waals surface area contributed by atoms with E-state index in [9.17, 15) is 4.79 Å². The molecule has 4 nitrogen and oxygen atoms in total. The molecular weight excluding hydrogens is 322 g/mol. The van der Waals surface area contributed by atoms with Crippen molar-refractivity contribution in [3.8, 4) is 11.6 Å². The van der Waals surface area contributed by atoms with Gasteiger partial charge < -0.3 is 9.84 Å². The largest absolute Gasteiger partial charge is 0.478 e. The Morgan fingerprint density at radius 2 is 2.10 bits per heavy atom. The van der Waals surface area contributed by atoms with Crippen LogP contribution in [0.15, 0.2) is 34.8 Å². The van der Waals surface area contributed by atoms with Crippen molar-refractivity contribution in [2.75, 3.05) is 0 Å². The van der Waals surface area contributed by atoms with Crippen molar-refractivity contribution in [3.63, 3.8) is 0 Å². The second kappa shape index (κ2) is 6.05. The summed E-state index contributed by atoms with van der Waals surface area (Å²) in [6.45, 7) is 3.87. The monoisotopic (exact) mass is 335 g/mol. The minimum atomic E-state index is -0.987. The average molecular weight is 336 g/mol. The Bertz CT molecular complexity index is 656. The topological polar surface area (TPSA) is 59.4 Å². The average Bonchev–Trinajstić information content (AvgIpc) is 2.42. The van der Waals surface area contributed by atoms with Gasteiger partial charge in [-0.3, -0.25) is 0 Å². The fourth-order valence-corrected chi connectivity index (χ4v) is 1.97. The van der Waals surface area contributed by atoms with E-state index in [0.717, 1.165) is 10.0 Å². The smallest absolute Gasteiger partial charge is 0.335 e. The van der Waals surface area contributed by atoms with E-state index in [0.29, 0.717) is 23.7 Å². The number of hydrogen-bond donors (Lipinski definition) is 1. The molecule has 0 bridgehead atoms. The Morgan fingerprint density at radius 3 is 2.70 bits per heavy atom. The molecule has 0 amide bonds. The van der Waals surface area contributed by atoms with Gasteiger partial charge in [-0.2, -0.15) is 0 Å². The van der Waals surface area contributed by atoms with Gasteiger partial charge in [0.2, 0.25) is 5.88 Å². The fourth-order valence-electron chi connectivity index (χ4n) is 1.72. The number of hydrogen-bond acceptors (Lipinski definition) is 3. The minimum Gasteiger partial charge on any atom is -0.478 e. The van der Waals surface area contributed by atoms with Gasteiger partial charge in [0.1, 0.15) is 5.75 Å². The first-order valence-corrected chi connectivity index (χ1v) is 6.97. The third-order valence-electron chi connectivity index (χ3n) is 2.82. The molecule has 0 aliphatic rings. The van der Waals surface area contributed by atoms with Gasteiger partial charge in [-0.05, 0) is 43.2 Å². The molecule has 1 aromatic carbocycles. The fraction of sp³-hybridized carbons (Fsp3) is 0.200. The number of carboxylic acids is 1. The van der Waals surface area contributed by atoms with Gasteiger partial charge in [0, 0.05) is 16.2 Å². The summed E-state index contributed by atoms with van der Waals surface area (Å²) in [4.78, 5) is 15.4. The van der Waals surface area contributed by atoms with Gasteiger partial charge in [-0.1, -0.05) is 22.9 Å². The quantitative estimate of drug-likeness (QED) is 0.909. The van der Waals surface area contributed by atoms with Gasteiger partial charge >= 0.3 is 5.97 Å². The number of ether oxygens (including phenoxy) is 1.